The summed E-state index contributed by atoms with van der Waals surface area (Å²) in [5, 5.41) is 0.715. The number of alkyl halides is 3. The van der Waals surface area contributed by atoms with Crippen molar-refractivity contribution in [3.63, 3.8) is 0 Å². The van der Waals surface area contributed by atoms with Crippen LogP contribution >= 0.6 is 0 Å². The molecule has 0 bridgehead atoms. The summed E-state index contributed by atoms with van der Waals surface area (Å²) in [6.07, 6.45) is -3.60. The highest BCUT2D eigenvalue weighted by Gasteiger charge is 2.33. The van der Waals surface area contributed by atoms with E-state index in [9.17, 15) is 26.4 Å². The van der Waals surface area contributed by atoms with E-state index in [1.54, 1.807) is 51.1 Å². The molecule has 1 aliphatic rings. The zero-order valence-electron chi connectivity index (χ0n) is 20.1. The number of fused-ring (bicyclic) bond motifs is 1. The molecule has 3 aromatic rings. The highest BCUT2D eigenvalue weighted by atomic mass is 32.2. The zero-order chi connectivity index (χ0) is 26.3. The Morgan fingerprint density at radius 2 is 1.67 bits per heavy atom. The lowest BCUT2D eigenvalue weighted by atomic mass is 10.1. The summed E-state index contributed by atoms with van der Waals surface area (Å²) in [4.78, 5) is 14.9. The molecule has 1 fully saturated rings. The van der Waals surface area contributed by atoms with Crippen LogP contribution in [0.15, 0.2) is 53.4 Å². The van der Waals surface area contributed by atoms with Crippen LogP contribution in [0.2, 0.25) is 0 Å². The number of ether oxygens (including phenoxy) is 1. The summed E-state index contributed by atoms with van der Waals surface area (Å²) in [5.41, 5.74) is 1.15. The predicted molar refractivity (Wildman–Crippen MR) is 130 cm³/mol. The average Bonchev–Trinajstić information content (AvgIpc) is 3.44. The van der Waals surface area contributed by atoms with Crippen LogP contribution in [0.5, 0.6) is 0 Å². The second kappa shape index (κ2) is 9.44. The molecule has 194 valence electrons. The number of halogens is 3. The maximum Gasteiger partial charge on any atom is 0.419 e. The van der Waals surface area contributed by atoms with Gasteiger partial charge in [0, 0.05) is 29.7 Å². The molecule has 1 saturated heterocycles. The van der Waals surface area contributed by atoms with Crippen molar-refractivity contribution in [3.8, 4) is 11.3 Å². The first kappa shape index (κ1) is 26.0. The fourth-order valence-corrected chi connectivity index (χ4v) is 5.10. The number of aromatic nitrogens is 1. The first-order chi connectivity index (χ1) is 16.8. The van der Waals surface area contributed by atoms with Crippen molar-refractivity contribution in [2.24, 2.45) is 0 Å². The van der Waals surface area contributed by atoms with Gasteiger partial charge in [0.2, 0.25) is 0 Å². The van der Waals surface area contributed by atoms with E-state index in [1.807, 2.05) is 6.07 Å². The molecule has 1 aromatic heterocycles. The highest BCUT2D eigenvalue weighted by Crippen LogP contribution is 2.38. The number of nitrogens with zero attached hydrogens (tertiary/aromatic N) is 2. The van der Waals surface area contributed by atoms with Gasteiger partial charge >= 0.3 is 12.3 Å². The van der Waals surface area contributed by atoms with Gasteiger partial charge in [0.25, 0.3) is 10.1 Å². The van der Waals surface area contributed by atoms with Crippen LogP contribution < -0.4 is 4.90 Å². The van der Waals surface area contributed by atoms with Gasteiger partial charge in [-0.15, -0.1) is 0 Å². The Kier molecular flexibility index (Phi) is 6.82. The predicted octanol–water partition coefficient (Wildman–Crippen LogP) is 5.96. The topological polar surface area (TPSA) is 77.8 Å². The minimum Gasteiger partial charge on any atom is -0.443 e. The Labute approximate surface area is 207 Å². The standard InChI is InChI=1S/C25H27F3N2O5S/c1-24(2,3)35-23(31)30-20-9-5-4-8-17(20)14-22(30)19-15-18(36(32,33)34-16-25(26,27)28)10-11-21(19)29-12-6-7-13-29/h4-5,8-11,14-15H,6-7,12-13,16H2,1-3H3. The SMILES string of the molecule is CC(C)(C)OC(=O)n1c(-c2cc(S(=O)(=O)OCC(F)(F)F)ccc2N2CCCC2)cc2ccccc21. The first-order valence-electron chi connectivity index (χ1n) is 11.4. The summed E-state index contributed by atoms with van der Waals surface area (Å²) in [6, 6.07) is 12.9. The number of hydrogen-bond acceptors (Lipinski definition) is 6. The van der Waals surface area contributed by atoms with E-state index in [2.05, 4.69) is 9.08 Å². The van der Waals surface area contributed by atoms with E-state index < -0.39 is 39.5 Å². The van der Waals surface area contributed by atoms with Crippen molar-refractivity contribution in [1.29, 1.82) is 0 Å². The molecule has 2 aromatic carbocycles. The van der Waals surface area contributed by atoms with Crippen LogP contribution in [0, 0.1) is 0 Å². The Morgan fingerprint density at radius 1 is 1.00 bits per heavy atom. The van der Waals surface area contributed by atoms with E-state index in [0.29, 0.717) is 27.8 Å². The van der Waals surface area contributed by atoms with Gasteiger partial charge in [-0.1, -0.05) is 18.2 Å². The zero-order valence-corrected chi connectivity index (χ0v) is 20.9. The van der Waals surface area contributed by atoms with Gasteiger partial charge < -0.3 is 9.64 Å². The van der Waals surface area contributed by atoms with Gasteiger partial charge in [-0.2, -0.15) is 21.6 Å². The van der Waals surface area contributed by atoms with Gasteiger partial charge in [-0.3, -0.25) is 4.18 Å². The number of rotatable bonds is 5. The molecule has 7 nitrogen and oxygen atoms in total. The fourth-order valence-electron chi connectivity index (χ4n) is 4.18. The summed E-state index contributed by atoms with van der Waals surface area (Å²) in [5.74, 6) is 0. The second-order valence-electron chi connectivity index (χ2n) is 9.61. The lowest BCUT2D eigenvalue weighted by molar-refractivity contribution is -0.152. The first-order valence-corrected chi connectivity index (χ1v) is 12.9. The lowest BCUT2D eigenvalue weighted by Gasteiger charge is -2.24. The second-order valence-corrected chi connectivity index (χ2v) is 11.2. The number of anilines is 1. The van der Waals surface area contributed by atoms with Crippen LogP contribution in [-0.2, 0) is 19.0 Å². The Balaban J connectivity index is 1.91. The van der Waals surface area contributed by atoms with Crippen molar-refractivity contribution in [2.45, 2.75) is 50.3 Å². The van der Waals surface area contributed by atoms with Crippen molar-refractivity contribution in [3.05, 3.63) is 48.5 Å². The van der Waals surface area contributed by atoms with Gasteiger partial charge in [0.05, 0.1) is 16.1 Å². The van der Waals surface area contributed by atoms with E-state index in [0.717, 1.165) is 25.9 Å². The van der Waals surface area contributed by atoms with Crippen LogP contribution in [-0.4, -0.2) is 50.6 Å². The highest BCUT2D eigenvalue weighted by molar-refractivity contribution is 7.86. The number of hydrogen-bond donors (Lipinski definition) is 0. The third-order valence-corrected chi connectivity index (χ3v) is 6.90. The van der Waals surface area contributed by atoms with E-state index in [-0.39, 0.29) is 0 Å². The summed E-state index contributed by atoms with van der Waals surface area (Å²) >= 11 is 0. The molecule has 2 heterocycles. The number of carbonyl (C=O) groups excluding carboxylic acids is 1. The molecule has 0 radical (unpaired) electrons. The molecule has 0 amide bonds. The third kappa shape index (κ3) is 5.67. The van der Waals surface area contributed by atoms with Crippen molar-refractivity contribution in [2.75, 3.05) is 24.6 Å². The van der Waals surface area contributed by atoms with Gasteiger partial charge in [-0.05, 0) is 63.9 Å². The molecule has 0 aliphatic carbocycles. The number of carbonyl (C=O) groups is 1. The van der Waals surface area contributed by atoms with Gasteiger partial charge in [0.15, 0.2) is 6.61 Å². The average molecular weight is 525 g/mol. The Bertz CT molecular complexity index is 1380. The Morgan fingerprint density at radius 3 is 2.31 bits per heavy atom. The van der Waals surface area contributed by atoms with E-state index in [1.165, 1.54) is 16.7 Å². The smallest absolute Gasteiger partial charge is 0.419 e. The third-order valence-electron chi connectivity index (χ3n) is 5.64. The Hall–Kier alpha value is -3.05. The number of benzene rings is 2. The van der Waals surface area contributed by atoms with Crippen LogP contribution in [0.3, 0.4) is 0 Å². The fraction of sp³-hybridized carbons (Fsp3) is 0.400. The molecule has 0 spiro atoms. The maximum absolute atomic E-state index is 13.3. The van der Waals surface area contributed by atoms with Crippen LogP contribution in [0.4, 0.5) is 23.7 Å². The van der Waals surface area contributed by atoms with Crippen molar-refractivity contribution in [1.82, 2.24) is 4.57 Å². The minimum absolute atomic E-state index is 0.361. The molecular weight excluding hydrogens is 497 g/mol. The lowest BCUT2D eigenvalue weighted by Crippen LogP contribution is -2.27. The molecular formula is C25H27F3N2O5S. The molecule has 36 heavy (non-hydrogen) atoms. The van der Waals surface area contributed by atoms with Crippen molar-refractivity contribution >= 4 is 32.8 Å². The summed E-state index contributed by atoms with van der Waals surface area (Å²) < 4.78 is 74.5. The molecule has 0 atom stereocenters. The largest absolute Gasteiger partial charge is 0.443 e. The molecule has 0 saturated carbocycles. The van der Waals surface area contributed by atoms with Gasteiger partial charge in [0.1, 0.15) is 5.60 Å². The van der Waals surface area contributed by atoms with E-state index >= 15 is 0 Å². The van der Waals surface area contributed by atoms with Gasteiger partial charge in [-0.25, -0.2) is 9.36 Å². The molecule has 1 aliphatic heterocycles. The van der Waals surface area contributed by atoms with Crippen LogP contribution in [0.1, 0.15) is 33.6 Å². The van der Waals surface area contributed by atoms with E-state index in [4.69, 9.17) is 4.74 Å². The maximum atomic E-state index is 13.3. The molecule has 0 unspecified atom stereocenters. The quantitative estimate of drug-likeness (QED) is 0.384. The monoisotopic (exact) mass is 524 g/mol. The molecule has 11 heteroatoms. The molecule has 0 N–H and O–H groups in total. The normalized spacial score (nSPS) is 15.0. The summed E-state index contributed by atoms with van der Waals surface area (Å²) in [6.45, 7) is 4.70. The molecule has 4 rings (SSSR count). The van der Waals surface area contributed by atoms with Crippen LogP contribution in [0.25, 0.3) is 22.2 Å². The number of para-hydroxylation sites is 1. The van der Waals surface area contributed by atoms with Crippen molar-refractivity contribution < 1.29 is 35.3 Å². The minimum atomic E-state index is -4.81. The summed E-state index contributed by atoms with van der Waals surface area (Å²) in [7, 11) is -4.72.